The molecule has 3 heteroatoms. The standard InChI is InChI=1S/C7H13ClO2/c1-6(2-3-8)7-9-4-5-10-7/h6-7H,2-5H2,1H3. The molecular weight excluding hydrogens is 152 g/mol. The molecule has 0 aromatic carbocycles. The Labute approximate surface area is 66.5 Å². The van der Waals surface area contributed by atoms with Gasteiger partial charge in [-0.2, -0.15) is 0 Å². The average molecular weight is 165 g/mol. The second kappa shape index (κ2) is 4.16. The maximum Gasteiger partial charge on any atom is 0.160 e. The van der Waals surface area contributed by atoms with Crippen LogP contribution in [0.25, 0.3) is 0 Å². The molecule has 0 saturated carbocycles. The van der Waals surface area contributed by atoms with Crippen LogP contribution < -0.4 is 0 Å². The van der Waals surface area contributed by atoms with Gasteiger partial charge in [0.1, 0.15) is 0 Å². The molecule has 1 fully saturated rings. The van der Waals surface area contributed by atoms with Gasteiger partial charge in [-0.1, -0.05) is 6.92 Å². The van der Waals surface area contributed by atoms with Gasteiger partial charge in [0.25, 0.3) is 0 Å². The predicted octanol–water partition coefficient (Wildman–Crippen LogP) is 1.62. The van der Waals surface area contributed by atoms with Gasteiger partial charge >= 0.3 is 0 Å². The molecule has 1 aliphatic heterocycles. The van der Waals surface area contributed by atoms with Crippen molar-refractivity contribution in [3.8, 4) is 0 Å². The summed E-state index contributed by atoms with van der Waals surface area (Å²) in [6.45, 7) is 3.56. The monoisotopic (exact) mass is 164 g/mol. The molecule has 0 spiro atoms. The van der Waals surface area contributed by atoms with E-state index in [9.17, 15) is 0 Å². The van der Waals surface area contributed by atoms with Crippen LogP contribution in [0.5, 0.6) is 0 Å². The van der Waals surface area contributed by atoms with Crippen molar-refractivity contribution in [3.63, 3.8) is 0 Å². The van der Waals surface area contributed by atoms with Gasteiger partial charge in [0.2, 0.25) is 0 Å². The highest BCUT2D eigenvalue weighted by molar-refractivity contribution is 6.17. The van der Waals surface area contributed by atoms with E-state index in [0.717, 1.165) is 19.6 Å². The first-order chi connectivity index (χ1) is 4.84. The number of hydrogen-bond donors (Lipinski definition) is 0. The predicted molar refractivity (Wildman–Crippen MR) is 40.2 cm³/mol. The highest BCUT2D eigenvalue weighted by Gasteiger charge is 2.22. The Morgan fingerprint density at radius 3 is 2.60 bits per heavy atom. The number of halogens is 1. The van der Waals surface area contributed by atoms with Crippen LogP contribution in [-0.2, 0) is 9.47 Å². The van der Waals surface area contributed by atoms with Crippen LogP contribution in [0.4, 0.5) is 0 Å². The van der Waals surface area contributed by atoms with Crippen molar-refractivity contribution < 1.29 is 9.47 Å². The molecule has 0 radical (unpaired) electrons. The molecule has 60 valence electrons. The molecule has 1 heterocycles. The van der Waals surface area contributed by atoms with Gasteiger partial charge in [0.15, 0.2) is 6.29 Å². The fraction of sp³-hybridized carbons (Fsp3) is 1.00. The van der Waals surface area contributed by atoms with Crippen molar-refractivity contribution >= 4 is 11.6 Å². The van der Waals surface area contributed by atoms with Crippen LogP contribution in [0.1, 0.15) is 13.3 Å². The summed E-state index contributed by atoms with van der Waals surface area (Å²) in [4.78, 5) is 0. The molecule has 10 heavy (non-hydrogen) atoms. The van der Waals surface area contributed by atoms with Gasteiger partial charge in [0.05, 0.1) is 13.2 Å². The van der Waals surface area contributed by atoms with Crippen molar-refractivity contribution in [2.24, 2.45) is 5.92 Å². The Bertz CT molecular complexity index is 91.6. The molecule has 1 atom stereocenters. The minimum absolute atomic E-state index is 0.00116. The van der Waals surface area contributed by atoms with E-state index in [-0.39, 0.29) is 6.29 Å². The topological polar surface area (TPSA) is 18.5 Å². The summed E-state index contributed by atoms with van der Waals surface area (Å²) in [7, 11) is 0. The minimum Gasteiger partial charge on any atom is -0.350 e. The van der Waals surface area contributed by atoms with E-state index >= 15 is 0 Å². The average Bonchev–Trinajstić information content (AvgIpc) is 2.38. The molecule has 0 aromatic rings. The third-order valence-corrected chi connectivity index (χ3v) is 1.89. The number of rotatable bonds is 3. The molecule has 1 unspecified atom stereocenters. The van der Waals surface area contributed by atoms with Crippen molar-refractivity contribution in [3.05, 3.63) is 0 Å². The fourth-order valence-corrected chi connectivity index (χ4v) is 1.36. The Morgan fingerprint density at radius 1 is 1.50 bits per heavy atom. The fourth-order valence-electron chi connectivity index (χ4n) is 1.01. The molecule has 1 saturated heterocycles. The molecule has 0 aromatic heterocycles. The first-order valence-electron chi connectivity index (χ1n) is 3.63. The molecule has 1 aliphatic rings. The second-order valence-corrected chi connectivity index (χ2v) is 2.94. The Balaban J connectivity index is 2.18. The maximum absolute atomic E-state index is 5.56. The first kappa shape index (κ1) is 8.31. The molecule has 1 rings (SSSR count). The van der Waals surface area contributed by atoms with E-state index in [1.165, 1.54) is 0 Å². The van der Waals surface area contributed by atoms with Crippen molar-refractivity contribution in [2.75, 3.05) is 19.1 Å². The van der Waals surface area contributed by atoms with Gasteiger partial charge in [-0.3, -0.25) is 0 Å². The Hall–Kier alpha value is 0.210. The first-order valence-corrected chi connectivity index (χ1v) is 4.17. The van der Waals surface area contributed by atoms with Gasteiger partial charge in [-0.25, -0.2) is 0 Å². The summed E-state index contributed by atoms with van der Waals surface area (Å²) in [5.74, 6) is 1.12. The largest absolute Gasteiger partial charge is 0.350 e. The highest BCUT2D eigenvalue weighted by Crippen LogP contribution is 2.17. The molecule has 0 amide bonds. The van der Waals surface area contributed by atoms with E-state index in [1.54, 1.807) is 0 Å². The molecule has 2 nitrogen and oxygen atoms in total. The number of alkyl halides is 1. The summed E-state index contributed by atoms with van der Waals surface area (Å²) >= 11 is 5.56. The lowest BCUT2D eigenvalue weighted by molar-refractivity contribution is -0.0788. The molecule has 0 bridgehead atoms. The van der Waals surface area contributed by atoms with Crippen LogP contribution in [0.2, 0.25) is 0 Å². The summed E-state index contributed by atoms with van der Waals surface area (Å²) in [6.07, 6.45) is 0.963. The Morgan fingerprint density at radius 2 is 2.10 bits per heavy atom. The lowest BCUT2D eigenvalue weighted by Gasteiger charge is -2.15. The zero-order valence-electron chi connectivity index (χ0n) is 6.18. The summed E-state index contributed by atoms with van der Waals surface area (Å²) in [6, 6.07) is 0. The lowest BCUT2D eigenvalue weighted by atomic mass is 10.1. The van der Waals surface area contributed by atoms with E-state index in [1.807, 2.05) is 0 Å². The van der Waals surface area contributed by atoms with Crippen LogP contribution in [0, 0.1) is 5.92 Å². The van der Waals surface area contributed by atoms with Gasteiger partial charge in [-0.05, 0) is 6.42 Å². The van der Waals surface area contributed by atoms with Gasteiger partial charge in [-0.15, -0.1) is 11.6 Å². The van der Waals surface area contributed by atoms with E-state index in [0.29, 0.717) is 11.8 Å². The van der Waals surface area contributed by atoms with Crippen LogP contribution in [0.3, 0.4) is 0 Å². The highest BCUT2D eigenvalue weighted by atomic mass is 35.5. The molecule has 0 aliphatic carbocycles. The van der Waals surface area contributed by atoms with Crippen molar-refractivity contribution in [1.29, 1.82) is 0 Å². The normalized spacial score (nSPS) is 23.4. The maximum atomic E-state index is 5.56. The zero-order valence-corrected chi connectivity index (χ0v) is 6.93. The quantitative estimate of drug-likeness (QED) is 0.591. The summed E-state index contributed by atoms with van der Waals surface area (Å²) < 4.78 is 10.6. The number of ether oxygens (including phenoxy) is 2. The van der Waals surface area contributed by atoms with Crippen molar-refractivity contribution in [2.45, 2.75) is 19.6 Å². The van der Waals surface area contributed by atoms with Crippen LogP contribution in [0.15, 0.2) is 0 Å². The van der Waals surface area contributed by atoms with E-state index in [4.69, 9.17) is 21.1 Å². The zero-order chi connectivity index (χ0) is 7.40. The Kier molecular flexibility index (Phi) is 3.46. The number of hydrogen-bond acceptors (Lipinski definition) is 2. The summed E-state index contributed by atoms with van der Waals surface area (Å²) in [5, 5.41) is 0. The van der Waals surface area contributed by atoms with Crippen molar-refractivity contribution in [1.82, 2.24) is 0 Å². The summed E-state index contributed by atoms with van der Waals surface area (Å²) in [5.41, 5.74) is 0. The van der Waals surface area contributed by atoms with Gasteiger partial charge in [0, 0.05) is 11.8 Å². The lowest BCUT2D eigenvalue weighted by Crippen LogP contribution is -2.18. The minimum atomic E-state index is -0.00116. The molecule has 0 N–H and O–H groups in total. The van der Waals surface area contributed by atoms with E-state index < -0.39 is 0 Å². The van der Waals surface area contributed by atoms with Gasteiger partial charge < -0.3 is 9.47 Å². The smallest absolute Gasteiger partial charge is 0.160 e. The third kappa shape index (κ3) is 2.11. The molecular formula is C7H13ClO2. The van der Waals surface area contributed by atoms with Crippen LogP contribution in [-0.4, -0.2) is 25.4 Å². The van der Waals surface area contributed by atoms with E-state index in [2.05, 4.69) is 6.92 Å². The SMILES string of the molecule is CC(CCCl)C1OCCO1. The van der Waals surface area contributed by atoms with Crippen LogP contribution >= 0.6 is 11.6 Å². The third-order valence-electron chi connectivity index (χ3n) is 1.68. The second-order valence-electron chi connectivity index (χ2n) is 2.56.